The number of aromatic nitrogens is 2. The number of hydrogen-bond acceptors (Lipinski definition) is 5. The van der Waals surface area contributed by atoms with Crippen LogP contribution in [-0.2, 0) is 6.54 Å². The van der Waals surface area contributed by atoms with E-state index in [1.54, 1.807) is 42.5 Å². The summed E-state index contributed by atoms with van der Waals surface area (Å²) >= 11 is 0. The van der Waals surface area contributed by atoms with Crippen molar-refractivity contribution in [2.45, 2.75) is 31.7 Å². The first-order chi connectivity index (χ1) is 17.0. The van der Waals surface area contributed by atoms with Gasteiger partial charge in [-0.15, -0.1) is 0 Å². The van der Waals surface area contributed by atoms with Crippen LogP contribution in [0.25, 0.3) is 11.3 Å². The molecule has 0 spiro atoms. The van der Waals surface area contributed by atoms with Crippen LogP contribution in [0.4, 0.5) is 14.9 Å². The Bertz CT molecular complexity index is 1380. The number of hydrogen-bond donors (Lipinski definition) is 3. The van der Waals surface area contributed by atoms with Crippen LogP contribution >= 0.6 is 0 Å². The van der Waals surface area contributed by atoms with Gasteiger partial charge in [-0.2, -0.15) is 9.78 Å². The molecule has 0 atom stereocenters. The molecule has 2 amide bonds. The number of amides is 2. The van der Waals surface area contributed by atoms with Crippen LogP contribution in [0.5, 0.6) is 5.75 Å². The van der Waals surface area contributed by atoms with Crippen molar-refractivity contribution in [1.29, 1.82) is 0 Å². The first-order valence-corrected chi connectivity index (χ1v) is 11.3. The first kappa shape index (κ1) is 22.4. The van der Waals surface area contributed by atoms with E-state index in [1.165, 1.54) is 29.1 Å². The van der Waals surface area contributed by atoms with Gasteiger partial charge in [-0.3, -0.25) is 4.79 Å². The molecule has 0 unspecified atom stereocenters. The summed E-state index contributed by atoms with van der Waals surface area (Å²) in [5.41, 5.74) is 2.59. The lowest BCUT2D eigenvalue weighted by Gasteiger charge is -2.25. The predicted octanol–water partition coefficient (Wildman–Crippen LogP) is 5.27. The Morgan fingerprint density at radius 1 is 1.11 bits per heavy atom. The molecule has 35 heavy (non-hydrogen) atoms. The van der Waals surface area contributed by atoms with E-state index in [-0.39, 0.29) is 29.8 Å². The van der Waals surface area contributed by atoms with E-state index >= 15 is 0 Å². The summed E-state index contributed by atoms with van der Waals surface area (Å²) in [5.74, 6) is -0.496. The maximum Gasteiger partial charge on any atom is 0.342 e. The second kappa shape index (κ2) is 9.46. The van der Waals surface area contributed by atoms with Crippen molar-refractivity contribution < 1.29 is 23.5 Å². The van der Waals surface area contributed by atoms with E-state index in [1.807, 2.05) is 0 Å². The van der Waals surface area contributed by atoms with Gasteiger partial charge in [0.05, 0.1) is 17.7 Å². The number of phenolic OH excluding ortho intramolecular Hbond substituents is 1. The first-order valence-electron chi connectivity index (χ1n) is 11.3. The number of carbonyl (C=O) groups excluding carboxylic acids is 2. The largest absolute Gasteiger partial charge is 0.507 e. The van der Waals surface area contributed by atoms with Crippen molar-refractivity contribution >= 4 is 17.6 Å². The third kappa shape index (κ3) is 4.79. The molecule has 0 saturated heterocycles. The molecule has 1 aliphatic rings. The zero-order valence-corrected chi connectivity index (χ0v) is 18.7. The number of nitrogens with zero attached hydrogens (tertiary/aromatic N) is 2. The third-order valence-corrected chi connectivity index (χ3v) is 6.06. The van der Waals surface area contributed by atoms with Crippen LogP contribution in [0.2, 0.25) is 0 Å². The molecular formula is C26H23FN4O4. The molecule has 178 valence electrons. The molecule has 0 aliphatic heterocycles. The molecule has 8 nitrogen and oxygen atoms in total. The monoisotopic (exact) mass is 474 g/mol. The van der Waals surface area contributed by atoms with E-state index in [9.17, 15) is 19.1 Å². The summed E-state index contributed by atoms with van der Waals surface area (Å²) in [7, 11) is 0. The van der Waals surface area contributed by atoms with Crippen molar-refractivity contribution in [2.24, 2.45) is 0 Å². The van der Waals surface area contributed by atoms with Crippen molar-refractivity contribution in [1.82, 2.24) is 15.1 Å². The van der Waals surface area contributed by atoms with Crippen molar-refractivity contribution in [3.8, 4) is 17.0 Å². The highest BCUT2D eigenvalue weighted by Crippen LogP contribution is 2.39. The Labute approximate surface area is 200 Å². The Kier molecular flexibility index (Phi) is 6.05. The number of nitrogens with one attached hydrogen (secondary N) is 2. The molecule has 3 N–H and O–H groups in total. The number of aromatic hydroxyl groups is 1. The fourth-order valence-electron chi connectivity index (χ4n) is 4.00. The number of halogens is 1. The minimum atomic E-state index is -0.441. The standard InChI is InChI=1S/C26H23FN4O4/c27-18-7-1-4-16(12-18)15-28-26(34)31-22(17-5-2-6-17)14-21(30-31)20-13-19(9-10-23(20)32)29-25(33)24-8-3-11-35-24/h1,3-4,7-14,17,32H,2,5-6,15H2,(H,28,34)(H,29,33). The fourth-order valence-corrected chi connectivity index (χ4v) is 4.00. The van der Waals surface area contributed by atoms with Gasteiger partial charge >= 0.3 is 6.03 Å². The third-order valence-electron chi connectivity index (χ3n) is 6.06. The van der Waals surface area contributed by atoms with Gasteiger partial charge in [0.1, 0.15) is 11.6 Å². The summed E-state index contributed by atoms with van der Waals surface area (Å²) in [4.78, 5) is 25.3. The van der Waals surface area contributed by atoms with Gasteiger partial charge in [0.15, 0.2) is 5.76 Å². The van der Waals surface area contributed by atoms with E-state index < -0.39 is 11.9 Å². The van der Waals surface area contributed by atoms with Crippen LogP contribution in [0.15, 0.2) is 71.3 Å². The Hall–Kier alpha value is -4.40. The van der Waals surface area contributed by atoms with Crippen LogP contribution < -0.4 is 10.6 Å². The minimum absolute atomic E-state index is 0.0361. The normalized spacial score (nSPS) is 13.3. The molecule has 2 aromatic carbocycles. The van der Waals surface area contributed by atoms with E-state index in [0.717, 1.165) is 25.0 Å². The molecule has 1 fully saturated rings. The molecule has 9 heteroatoms. The smallest absolute Gasteiger partial charge is 0.342 e. The number of rotatable bonds is 6. The molecule has 1 aliphatic carbocycles. The van der Waals surface area contributed by atoms with Crippen LogP contribution in [0.1, 0.15) is 47.0 Å². The van der Waals surface area contributed by atoms with E-state index in [2.05, 4.69) is 15.7 Å². The van der Waals surface area contributed by atoms with Gasteiger partial charge in [-0.05, 0) is 66.9 Å². The SMILES string of the molecule is O=C(Nc1ccc(O)c(-c2cc(C3CCC3)n(C(=O)NCc3cccc(F)c3)n2)c1)c1ccco1. The average molecular weight is 474 g/mol. The number of benzene rings is 2. The summed E-state index contributed by atoms with van der Waals surface area (Å²) in [5, 5.41) is 20.5. The van der Waals surface area contributed by atoms with Gasteiger partial charge in [-0.25, -0.2) is 9.18 Å². The van der Waals surface area contributed by atoms with Crippen LogP contribution in [0, 0.1) is 5.82 Å². The highest BCUT2D eigenvalue weighted by Gasteiger charge is 2.27. The molecule has 0 bridgehead atoms. The summed E-state index contributed by atoms with van der Waals surface area (Å²) in [6.07, 6.45) is 4.35. The Morgan fingerprint density at radius 3 is 2.69 bits per heavy atom. The lowest BCUT2D eigenvalue weighted by atomic mass is 9.82. The fraction of sp³-hybridized carbons (Fsp3) is 0.192. The van der Waals surface area contributed by atoms with E-state index in [0.29, 0.717) is 22.5 Å². The van der Waals surface area contributed by atoms with Crippen molar-refractivity contribution in [3.63, 3.8) is 0 Å². The average Bonchev–Trinajstić information content (AvgIpc) is 3.49. The lowest BCUT2D eigenvalue weighted by molar-refractivity contribution is 0.0996. The van der Waals surface area contributed by atoms with E-state index in [4.69, 9.17) is 4.42 Å². The topological polar surface area (TPSA) is 109 Å². The molecule has 2 heterocycles. The van der Waals surface area contributed by atoms with Gasteiger partial charge in [0.25, 0.3) is 5.91 Å². The number of furan rings is 1. The highest BCUT2D eigenvalue weighted by atomic mass is 19.1. The van der Waals surface area contributed by atoms with Gasteiger partial charge in [0.2, 0.25) is 0 Å². The summed E-state index contributed by atoms with van der Waals surface area (Å²) in [6, 6.07) is 15.2. The molecule has 0 radical (unpaired) electrons. The predicted molar refractivity (Wildman–Crippen MR) is 127 cm³/mol. The molecule has 5 rings (SSSR count). The Balaban J connectivity index is 1.41. The van der Waals surface area contributed by atoms with Gasteiger partial charge < -0.3 is 20.2 Å². The van der Waals surface area contributed by atoms with Crippen LogP contribution in [-0.4, -0.2) is 26.8 Å². The summed E-state index contributed by atoms with van der Waals surface area (Å²) in [6.45, 7) is 0.148. The molecule has 1 saturated carbocycles. The zero-order chi connectivity index (χ0) is 24.4. The zero-order valence-electron chi connectivity index (χ0n) is 18.7. The molecule has 4 aromatic rings. The van der Waals surface area contributed by atoms with Gasteiger partial charge in [-0.1, -0.05) is 18.6 Å². The quantitative estimate of drug-likeness (QED) is 0.330. The van der Waals surface area contributed by atoms with Crippen LogP contribution in [0.3, 0.4) is 0 Å². The van der Waals surface area contributed by atoms with Crippen molar-refractivity contribution in [2.75, 3.05) is 5.32 Å². The Morgan fingerprint density at radius 2 is 1.97 bits per heavy atom. The number of anilines is 1. The van der Waals surface area contributed by atoms with Crippen molar-refractivity contribution in [3.05, 3.63) is 89.8 Å². The number of phenols is 1. The second-order valence-corrected chi connectivity index (χ2v) is 8.45. The second-order valence-electron chi connectivity index (χ2n) is 8.45. The molecular weight excluding hydrogens is 451 g/mol. The lowest BCUT2D eigenvalue weighted by Crippen LogP contribution is -2.31. The highest BCUT2D eigenvalue weighted by molar-refractivity contribution is 6.02. The van der Waals surface area contributed by atoms with Gasteiger partial charge in [0, 0.05) is 23.7 Å². The maximum atomic E-state index is 13.5. The number of carbonyl (C=O) groups is 2. The maximum absolute atomic E-state index is 13.5. The summed E-state index contributed by atoms with van der Waals surface area (Å²) < 4.78 is 19.9. The molecule has 2 aromatic heterocycles. The minimum Gasteiger partial charge on any atom is -0.507 e.